The third-order valence-electron chi connectivity index (χ3n) is 5.97. The molecule has 0 aromatic heterocycles. The predicted molar refractivity (Wildman–Crippen MR) is 118 cm³/mol. The van der Waals surface area contributed by atoms with Crippen molar-refractivity contribution < 1.29 is 19.4 Å². The van der Waals surface area contributed by atoms with Crippen molar-refractivity contribution in [1.29, 1.82) is 0 Å². The molecule has 164 valence electrons. The number of carbonyl (C=O) groups excluding carboxylic acids is 1. The van der Waals surface area contributed by atoms with Crippen LogP contribution in [0.25, 0.3) is 0 Å². The second-order valence-electron chi connectivity index (χ2n) is 8.26. The minimum atomic E-state index is -0.0277. The fraction of sp³-hybridized carbons (Fsp3) is 0.720. The van der Waals surface area contributed by atoms with E-state index in [9.17, 15) is 9.90 Å². The molecule has 0 aliphatic heterocycles. The van der Waals surface area contributed by atoms with Gasteiger partial charge in [-0.2, -0.15) is 0 Å². The molecule has 1 aromatic carbocycles. The number of hydrogen-bond donors (Lipinski definition) is 1. The summed E-state index contributed by atoms with van der Waals surface area (Å²) >= 11 is 0. The highest BCUT2D eigenvalue weighted by Gasteiger charge is 2.29. The van der Waals surface area contributed by atoms with Gasteiger partial charge in [-0.05, 0) is 55.4 Å². The van der Waals surface area contributed by atoms with Crippen LogP contribution in [0.5, 0.6) is 11.5 Å². The SMILES string of the molecule is CCCCCCCCCCOc1cc(C2CCCC2=O)c(CCCO)cc1OC. The first-order valence-corrected chi connectivity index (χ1v) is 11.7. The second-order valence-corrected chi connectivity index (χ2v) is 8.26. The van der Waals surface area contributed by atoms with Gasteiger partial charge in [0.2, 0.25) is 0 Å². The van der Waals surface area contributed by atoms with E-state index in [2.05, 4.69) is 6.92 Å². The molecule has 0 saturated heterocycles. The third-order valence-corrected chi connectivity index (χ3v) is 5.97. The van der Waals surface area contributed by atoms with Gasteiger partial charge in [-0.15, -0.1) is 0 Å². The number of methoxy groups -OCH3 is 1. The first-order valence-electron chi connectivity index (χ1n) is 11.7. The summed E-state index contributed by atoms with van der Waals surface area (Å²) in [6.45, 7) is 3.08. The van der Waals surface area contributed by atoms with Crippen molar-refractivity contribution in [3.05, 3.63) is 23.3 Å². The van der Waals surface area contributed by atoms with Crippen molar-refractivity contribution in [2.24, 2.45) is 0 Å². The molecule has 1 atom stereocenters. The first-order chi connectivity index (χ1) is 14.2. The van der Waals surface area contributed by atoms with E-state index in [-0.39, 0.29) is 12.5 Å². The Morgan fingerprint density at radius 2 is 1.72 bits per heavy atom. The molecule has 1 fully saturated rings. The predicted octanol–water partition coefficient (Wildman–Crippen LogP) is 5.98. The molecule has 0 heterocycles. The monoisotopic (exact) mass is 404 g/mol. The molecule has 1 aromatic rings. The molecule has 4 heteroatoms. The lowest BCUT2D eigenvalue weighted by atomic mass is 9.89. The summed E-state index contributed by atoms with van der Waals surface area (Å²) < 4.78 is 11.7. The molecule has 1 unspecified atom stereocenters. The number of hydrogen-bond acceptors (Lipinski definition) is 4. The summed E-state index contributed by atoms with van der Waals surface area (Å²) in [6, 6.07) is 4.05. The Morgan fingerprint density at radius 1 is 1.00 bits per heavy atom. The molecule has 1 N–H and O–H groups in total. The third kappa shape index (κ3) is 7.65. The van der Waals surface area contributed by atoms with E-state index in [0.717, 1.165) is 48.3 Å². The van der Waals surface area contributed by atoms with Crippen molar-refractivity contribution in [2.45, 2.75) is 96.3 Å². The molecular formula is C25H40O4. The maximum Gasteiger partial charge on any atom is 0.161 e. The molecule has 1 aliphatic rings. The number of aliphatic hydroxyl groups excluding tert-OH is 1. The van der Waals surface area contributed by atoms with Gasteiger partial charge in [0, 0.05) is 18.9 Å². The number of benzene rings is 1. The topological polar surface area (TPSA) is 55.8 Å². The zero-order valence-electron chi connectivity index (χ0n) is 18.5. The second kappa shape index (κ2) is 13.6. The van der Waals surface area contributed by atoms with Crippen LogP contribution in [0.1, 0.15) is 101 Å². The van der Waals surface area contributed by atoms with Gasteiger partial charge in [-0.1, -0.05) is 51.9 Å². The van der Waals surface area contributed by atoms with Crippen LogP contribution in [0.4, 0.5) is 0 Å². The van der Waals surface area contributed by atoms with Gasteiger partial charge in [-0.25, -0.2) is 0 Å². The minimum Gasteiger partial charge on any atom is -0.493 e. The van der Waals surface area contributed by atoms with Crippen LogP contribution in [0.2, 0.25) is 0 Å². The highest BCUT2D eigenvalue weighted by molar-refractivity contribution is 5.88. The molecule has 0 spiro atoms. The molecule has 0 radical (unpaired) electrons. The van der Waals surface area contributed by atoms with Gasteiger partial charge < -0.3 is 14.6 Å². The Kier molecular flexibility index (Phi) is 11.2. The Hall–Kier alpha value is -1.55. The van der Waals surface area contributed by atoms with Crippen LogP contribution >= 0.6 is 0 Å². The van der Waals surface area contributed by atoms with E-state index in [1.807, 2.05) is 12.1 Å². The Labute approximate surface area is 177 Å². The summed E-state index contributed by atoms with van der Waals surface area (Å²) in [5.41, 5.74) is 2.18. The average molecular weight is 405 g/mol. The maximum absolute atomic E-state index is 12.4. The van der Waals surface area contributed by atoms with Crippen LogP contribution in [0.15, 0.2) is 12.1 Å². The summed E-state index contributed by atoms with van der Waals surface area (Å²) in [4.78, 5) is 12.4. The van der Waals surface area contributed by atoms with Crippen molar-refractivity contribution in [3.8, 4) is 11.5 Å². The summed E-state index contributed by atoms with van der Waals surface area (Å²) in [7, 11) is 1.66. The smallest absolute Gasteiger partial charge is 0.161 e. The maximum atomic E-state index is 12.4. The van der Waals surface area contributed by atoms with Crippen LogP contribution in [-0.2, 0) is 11.2 Å². The Balaban J connectivity index is 1.94. The van der Waals surface area contributed by atoms with E-state index in [4.69, 9.17) is 9.47 Å². The zero-order chi connectivity index (χ0) is 20.9. The first kappa shape index (κ1) is 23.7. The average Bonchev–Trinajstić information content (AvgIpc) is 3.16. The summed E-state index contributed by atoms with van der Waals surface area (Å²) in [5, 5.41) is 9.24. The van der Waals surface area contributed by atoms with E-state index in [1.54, 1.807) is 7.11 Å². The Bertz CT molecular complexity index is 611. The van der Waals surface area contributed by atoms with Gasteiger partial charge in [0.15, 0.2) is 11.5 Å². The van der Waals surface area contributed by atoms with Crippen LogP contribution in [0, 0.1) is 0 Å². The quantitative estimate of drug-likeness (QED) is 0.366. The number of Topliss-reactive ketones (excluding diaryl/α,β-unsaturated/α-hetero) is 1. The van der Waals surface area contributed by atoms with Crippen molar-refractivity contribution in [3.63, 3.8) is 0 Å². The number of unbranched alkanes of at least 4 members (excludes halogenated alkanes) is 7. The van der Waals surface area contributed by atoms with Crippen LogP contribution in [0.3, 0.4) is 0 Å². The van der Waals surface area contributed by atoms with Gasteiger partial charge >= 0.3 is 0 Å². The summed E-state index contributed by atoms with van der Waals surface area (Å²) in [6.07, 6.45) is 14.2. The Morgan fingerprint density at radius 3 is 2.34 bits per heavy atom. The fourth-order valence-corrected chi connectivity index (χ4v) is 4.26. The number of aryl methyl sites for hydroxylation is 1. The van der Waals surface area contributed by atoms with Crippen LogP contribution in [-0.4, -0.2) is 31.2 Å². The van der Waals surface area contributed by atoms with E-state index < -0.39 is 0 Å². The highest BCUT2D eigenvalue weighted by Crippen LogP contribution is 2.39. The highest BCUT2D eigenvalue weighted by atomic mass is 16.5. The van der Waals surface area contributed by atoms with Gasteiger partial charge in [0.05, 0.1) is 13.7 Å². The number of ether oxygens (including phenoxy) is 2. The van der Waals surface area contributed by atoms with E-state index in [0.29, 0.717) is 25.2 Å². The standard InChI is InChI=1S/C25H40O4/c1-3-4-5-6-7-8-9-10-17-29-25-19-22(21-14-11-15-23(21)27)20(13-12-16-26)18-24(25)28-2/h18-19,21,26H,3-17H2,1-2H3. The lowest BCUT2D eigenvalue weighted by molar-refractivity contribution is -0.118. The van der Waals surface area contributed by atoms with Crippen molar-refractivity contribution >= 4 is 5.78 Å². The van der Waals surface area contributed by atoms with E-state index in [1.165, 1.54) is 44.9 Å². The fourth-order valence-electron chi connectivity index (χ4n) is 4.26. The number of aliphatic hydroxyl groups is 1. The normalized spacial score (nSPS) is 16.4. The molecule has 4 nitrogen and oxygen atoms in total. The molecule has 1 saturated carbocycles. The summed E-state index contributed by atoms with van der Waals surface area (Å²) in [5.74, 6) is 1.78. The largest absolute Gasteiger partial charge is 0.493 e. The molecule has 29 heavy (non-hydrogen) atoms. The molecule has 1 aliphatic carbocycles. The lowest BCUT2D eigenvalue weighted by Gasteiger charge is -2.19. The minimum absolute atomic E-state index is 0.0277. The number of rotatable bonds is 15. The van der Waals surface area contributed by atoms with E-state index >= 15 is 0 Å². The molecular weight excluding hydrogens is 364 g/mol. The van der Waals surface area contributed by atoms with Gasteiger partial charge in [0.1, 0.15) is 5.78 Å². The number of carbonyl (C=O) groups is 1. The van der Waals surface area contributed by atoms with Crippen LogP contribution < -0.4 is 9.47 Å². The molecule has 2 rings (SSSR count). The zero-order valence-corrected chi connectivity index (χ0v) is 18.5. The molecule has 0 amide bonds. The van der Waals surface area contributed by atoms with Crippen molar-refractivity contribution in [1.82, 2.24) is 0 Å². The number of ketones is 1. The molecule has 0 bridgehead atoms. The van der Waals surface area contributed by atoms with Gasteiger partial charge in [0.25, 0.3) is 0 Å². The lowest BCUT2D eigenvalue weighted by Crippen LogP contribution is -2.10. The van der Waals surface area contributed by atoms with Gasteiger partial charge in [-0.3, -0.25) is 4.79 Å². The van der Waals surface area contributed by atoms with Crippen molar-refractivity contribution in [2.75, 3.05) is 20.3 Å².